The monoisotopic (exact) mass is 365 g/mol. The number of carbonyl (C=O) groups excluding carboxylic acids is 2. The predicted molar refractivity (Wildman–Crippen MR) is 89.8 cm³/mol. The molecule has 6 nitrogen and oxygen atoms in total. The van der Waals surface area contributed by atoms with Crippen LogP contribution in [0.15, 0.2) is 22.7 Å². The van der Waals surface area contributed by atoms with Crippen molar-refractivity contribution in [2.24, 2.45) is 0 Å². The second kappa shape index (κ2) is 7.23. The minimum absolute atomic E-state index is 0.00326. The van der Waals surface area contributed by atoms with Gasteiger partial charge >= 0.3 is 0 Å². The van der Waals surface area contributed by atoms with Crippen molar-refractivity contribution in [3.8, 4) is 11.3 Å². The second-order valence-electron chi connectivity index (χ2n) is 5.87. The first-order chi connectivity index (χ1) is 12.0. The van der Waals surface area contributed by atoms with E-state index in [1.807, 2.05) is 0 Å². The van der Waals surface area contributed by atoms with Crippen LogP contribution in [0.1, 0.15) is 35.4 Å². The first-order valence-electron chi connectivity index (χ1n) is 7.98. The first kappa shape index (κ1) is 17.4. The molecule has 25 heavy (non-hydrogen) atoms. The zero-order valence-corrected chi connectivity index (χ0v) is 14.3. The van der Waals surface area contributed by atoms with Gasteiger partial charge in [-0.3, -0.25) is 9.59 Å². The standard InChI is InChI=1S/C17H17ClFN3O3/c1-9-13(17(24)21-12-7-2-3-8-20-16(12)23)15(22-25-9)14-10(18)5-4-6-11(14)19/h4-6,12H,2-3,7-8H2,1H3,(H,20,23)(H,21,24)/t12-/m0/s1. The van der Waals surface area contributed by atoms with Gasteiger partial charge in [0.25, 0.3) is 5.91 Å². The lowest BCUT2D eigenvalue weighted by molar-refractivity contribution is -0.122. The number of hydrogen-bond donors (Lipinski definition) is 2. The van der Waals surface area contributed by atoms with E-state index in [0.29, 0.717) is 13.0 Å². The number of aryl methyl sites for hydroxylation is 1. The minimum atomic E-state index is -0.645. The highest BCUT2D eigenvalue weighted by molar-refractivity contribution is 6.33. The molecular formula is C17H17ClFN3O3. The van der Waals surface area contributed by atoms with Crippen molar-refractivity contribution in [1.29, 1.82) is 0 Å². The van der Waals surface area contributed by atoms with E-state index in [2.05, 4.69) is 15.8 Å². The highest BCUT2D eigenvalue weighted by atomic mass is 35.5. The average molecular weight is 366 g/mol. The number of carbonyl (C=O) groups is 2. The van der Waals surface area contributed by atoms with Gasteiger partial charge in [-0.1, -0.05) is 22.8 Å². The first-order valence-corrected chi connectivity index (χ1v) is 8.36. The summed E-state index contributed by atoms with van der Waals surface area (Å²) in [7, 11) is 0. The summed E-state index contributed by atoms with van der Waals surface area (Å²) in [5.74, 6) is -1.16. The molecule has 132 valence electrons. The van der Waals surface area contributed by atoms with E-state index < -0.39 is 17.8 Å². The number of aromatic nitrogens is 1. The maximum Gasteiger partial charge on any atom is 0.257 e. The Bertz CT molecular complexity index is 801. The van der Waals surface area contributed by atoms with Crippen molar-refractivity contribution in [3.05, 3.63) is 40.4 Å². The number of halogens is 2. The van der Waals surface area contributed by atoms with E-state index in [1.54, 1.807) is 6.92 Å². The van der Waals surface area contributed by atoms with Gasteiger partial charge in [0.2, 0.25) is 5.91 Å². The normalized spacial score (nSPS) is 17.7. The molecule has 0 radical (unpaired) electrons. The smallest absolute Gasteiger partial charge is 0.257 e. The summed E-state index contributed by atoms with van der Waals surface area (Å²) in [6.45, 7) is 2.14. The van der Waals surface area contributed by atoms with Crippen LogP contribution >= 0.6 is 11.6 Å². The van der Waals surface area contributed by atoms with E-state index in [9.17, 15) is 14.0 Å². The molecule has 1 aromatic heterocycles. The van der Waals surface area contributed by atoms with Gasteiger partial charge in [0.1, 0.15) is 28.9 Å². The van der Waals surface area contributed by atoms with Gasteiger partial charge in [-0.2, -0.15) is 0 Å². The summed E-state index contributed by atoms with van der Waals surface area (Å²) in [5, 5.41) is 9.35. The maximum absolute atomic E-state index is 14.2. The molecule has 2 N–H and O–H groups in total. The lowest BCUT2D eigenvalue weighted by atomic mass is 10.0. The van der Waals surface area contributed by atoms with Crippen LogP contribution in [0.4, 0.5) is 4.39 Å². The average Bonchev–Trinajstić information content (AvgIpc) is 2.82. The van der Waals surface area contributed by atoms with Crippen molar-refractivity contribution < 1.29 is 18.5 Å². The molecule has 0 bridgehead atoms. The Morgan fingerprint density at radius 1 is 1.44 bits per heavy atom. The topological polar surface area (TPSA) is 84.2 Å². The molecule has 1 aliphatic rings. The third kappa shape index (κ3) is 3.51. The van der Waals surface area contributed by atoms with Crippen LogP contribution in [0.3, 0.4) is 0 Å². The van der Waals surface area contributed by atoms with Crippen LogP contribution in [0, 0.1) is 12.7 Å². The minimum Gasteiger partial charge on any atom is -0.360 e. The van der Waals surface area contributed by atoms with E-state index in [0.717, 1.165) is 12.8 Å². The third-order valence-electron chi connectivity index (χ3n) is 4.13. The Hall–Kier alpha value is -2.41. The van der Waals surface area contributed by atoms with Crippen LogP contribution in [0.2, 0.25) is 5.02 Å². The molecule has 3 rings (SSSR count). The maximum atomic E-state index is 14.2. The van der Waals surface area contributed by atoms with E-state index in [1.165, 1.54) is 18.2 Å². The summed E-state index contributed by atoms with van der Waals surface area (Å²) in [6.07, 6.45) is 2.22. The summed E-state index contributed by atoms with van der Waals surface area (Å²) in [5.41, 5.74) is 0.0904. The molecule has 1 aromatic carbocycles. The van der Waals surface area contributed by atoms with Gasteiger partial charge in [-0.25, -0.2) is 4.39 Å². The molecule has 1 fully saturated rings. The van der Waals surface area contributed by atoms with Gasteiger partial charge in [-0.05, 0) is 38.3 Å². The molecule has 0 saturated carbocycles. The van der Waals surface area contributed by atoms with Crippen molar-refractivity contribution in [2.75, 3.05) is 6.54 Å². The summed E-state index contributed by atoms with van der Waals surface area (Å²) in [6, 6.07) is 3.55. The van der Waals surface area contributed by atoms with Crippen molar-refractivity contribution >= 4 is 23.4 Å². The van der Waals surface area contributed by atoms with Gasteiger partial charge in [0, 0.05) is 6.54 Å². The van der Waals surface area contributed by atoms with E-state index in [4.69, 9.17) is 16.1 Å². The second-order valence-corrected chi connectivity index (χ2v) is 6.28. The number of amides is 2. The number of nitrogens with zero attached hydrogens (tertiary/aromatic N) is 1. The molecule has 1 aliphatic heterocycles. The Morgan fingerprint density at radius 3 is 3.00 bits per heavy atom. The van der Waals surface area contributed by atoms with E-state index >= 15 is 0 Å². The molecule has 0 unspecified atom stereocenters. The number of benzene rings is 1. The molecule has 2 aromatic rings. The fourth-order valence-electron chi connectivity index (χ4n) is 2.84. The number of hydrogen-bond acceptors (Lipinski definition) is 4. The molecule has 2 heterocycles. The van der Waals surface area contributed by atoms with Crippen LogP contribution in [0.25, 0.3) is 11.3 Å². The SMILES string of the molecule is Cc1onc(-c2c(F)cccc2Cl)c1C(=O)N[C@H]1CCCCNC1=O. The fourth-order valence-corrected chi connectivity index (χ4v) is 3.09. The van der Waals surface area contributed by atoms with Gasteiger partial charge in [0.05, 0.1) is 10.6 Å². The highest BCUT2D eigenvalue weighted by Gasteiger charge is 2.29. The lowest BCUT2D eigenvalue weighted by Gasteiger charge is -2.15. The Kier molecular flexibility index (Phi) is 5.03. The number of nitrogens with one attached hydrogen (secondary N) is 2. The molecule has 8 heteroatoms. The summed E-state index contributed by atoms with van der Waals surface area (Å²) < 4.78 is 19.3. The predicted octanol–water partition coefficient (Wildman–Crippen LogP) is 2.84. The molecule has 0 spiro atoms. The Labute approximate surface area is 148 Å². The molecule has 2 amide bonds. The van der Waals surface area contributed by atoms with Crippen molar-refractivity contribution in [2.45, 2.75) is 32.2 Å². The summed E-state index contributed by atoms with van der Waals surface area (Å²) >= 11 is 6.07. The zero-order chi connectivity index (χ0) is 18.0. The van der Waals surface area contributed by atoms with Crippen molar-refractivity contribution in [3.63, 3.8) is 0 Å². The lowest BCUT2D eigenvalue weighted by Crippen LogP contribution is -2.45. The highest BCUT2D eigenvalue weighted by Crippen LogP contribution is 2.33. The third-order valence-corrected chi connectivity index (χ3v) is 4.44. The van der Waals surface area contributed by atoms with E-state index in [-0.39, 0.29) is 33.5 Å². The van der Waals surface area contributed by atoms with Gasteiger partial charge in [0.15, 0.2) is 0 Å². The van der Waals surface area contributed by atoms with Gasteiger partial charge in [-0.15, -0.1) is 0 Å². The molecule has 1 saturated heterocycles. The van der Waals surface area contributed by atoms with Crippen LogP contribution in [0.5, 0.6) is 0 Å². The fraction of sp³-hybridized carbons (Fsp3) is 0.353. The largest absolute Gasteiger partial charge is 0.360 e. The Morgan fingerprint density at radius 2 is 2.24 bits per heavy atom. The van der Waals surface area contributed by atoms with Gasteiger partial charge < -0.3 is 15.2 Å². The quantitative estimate of drug-likeness (QED) is 0.876. The molecule has 1 atom stereocenters. The molecule has 0 aliphatic carbocycles. The molecular weight excluding hydrogens is 349 g/mol. The van der Waals surface area contributed by atoms with Crippen molar-refractivity contribution in [1.82, 2.24) is 15.8 Å². The van der Waals surface area contributed by atoms with Crippen LogP contribution in [-0.4, -0.2) is 29.6 Å². The van der Waals surface area contributed by atoms with Crippen LogP contribution < -0.4 is 10.6 Å². The van der Waals surface area contributed by atoms with Crippen LogP contribution in [-0.2, 0) is 4.79 Å². The Balaban J connectivity index is 1.94. The summed E-state index contributed by atoms with van der Waals surface area (Å²) in [4.78, 5) is 24.7. The zero-order valence-electron chi connectivity index (χ0n) is 13.6. The number of rotatable bonds is 3.